The van der Waals surface area contributed by atoms with E-state index in [1.807, 2.05) is 30.3 Å². The summed E-state index contributed by atoms with van der Waals surface area (Å²) < 4.78 is 0. The van der Waals surface area contributed by atoms with E-state index in [0.29, 0.717) is 12.0 Å². The molecule has 0 N–H and O–H groups in total. The van der Waals surface area contributed by atoms with Gasteiger partial charge < -0.3 is 0 Å². The number of ketones is 2. The number of fused-ring (bicyclic) bond motifs is 1. The minimum Gasteiger partial charge on any atom is -0.298 e. The van der Waals surface area contributed by atoms with Crippen molar-refractivity contribution in [2.75, 3.05) is 0 Å². The SMILES string of the molecule is CC(=O)c1ccccc1CC(=O)C1(C)CC(C)(C)c2ccccc21. The maximum absolute atomic E-state index is 13.3. The monoisotopic (exact) mass is 320 g/mol. The fourth-order valence-corrected chi connectivity index (χ4v) is 4.26. The largest absolute Gasteiger partial charge is 0.298 e. The number of carbonyl (C=O) groups is 2. The summed E-state index contributed by atoms with van der Waals surface area (Å²) in [7, 11) is 0. The first-order valence-electron chi connectivity index (χ1n) is 8.48. The number of rotatable bonds is 4. The summed E-state index contributed by atoms with van der Waals surface area (Å²) in [5.41, 5.74) is 3.38. The van der Waals surface area contributed by atoms with Gasteiger partial charge in [-0.05, 0) is 42.4 Å². The standard InChI is InChI=1S/C22H24O2/c1-15(23)17-10-6-5-9-16(17)13-20(24)22(4)14-21(2,3)18-11-7-8-12-19(18)22/h5-12H,13-14H2,1-4H3. The van der Waals surface area contributed by atoms with Crippen LogP contribution in [-0.2, 0) is 22.0 Å². The van der Waals surface area contributed by atoms with Crippen LogP contribution in [0, 0.1) is 0 Å². The molecule has 0 saturated heterocycles. The molecule has 0 heterocycles. The van der Waals surface area contributed by atoms with E-state index in [2.05, 4.69) is 32.9 Å². The lowest BCUT2D eigenvalue weighted by Crippen LogP contribution is -2.33. The summed E-state index contributed by atoms with van der Waals surface area (Å²) in [6.07, 6.45) is 1.11. The van der Waals surface area contributed by atoms with Crippen LogP contribution in [0.25, 0.3) is 0 Å². The van der Waals surface area contributed by atoms with Gasteiger partial charge in [0.2, 0.25) is 0 Å². The Morgan fingerprint density at radius 2 is 1.50 bits per heavy atom. The van der Waals surface area contributed by atoms with E-state index in [-0.39, 0.29) is 17.0 Å². The van der Waals surface area contributed by atoms with E-state index in [0.717, 1.165) is 17.5 Å². The lowest BCUT2D eigenvalue weighted by atomic mass is 9.75. The molecule has 0 spiro atoms. The van der Waals surface area contributed by atoms with Gasteiger partial charge in [-0.2, -0.15) is 0 Å². The van der Waals surface area contributed by atoms with Crippen molar-refractivity contribution in [1.82, 2.24) is 0 Å². The Bertz CT molecular complexity index is 816. The van der Waals surface area contributed by atoms with Crippen molar-refractivity contribution in [1.29, 1.82) is 0 Å². The van der Waals surface area contributed by atoms with Gasteiger partial charge in [0.25, 0.3) is 0 Å². The van der Waals surface area contributed by atoms with E-state index >= 15 is 0 Å². The van der Waals surface area contributed by atoms with Crippen molar-refractivity contribution in [3.63, 3.8) is 0 Å². The minimum atomic E-state index is -0.496. The van der Waals surface area contributed by atoms with Gasteiger partial charge >= 0.3 is 0 Å². The van der Waals surface area contributed by atoms with Crippen LogP contribution >= 0.6 is 0 Å². The molecule has 1 aliphatic carbocycles. The molecule has 0 amide bonds. The van der Waals surface area contributed by atoms with Crippen LogP contribution in [0.4, 0.5) is 0 Å². The zero-order valence-corrected chi connectivity index (χ0v) is 14.8. The summed E-state index contributed by atoms with van der Waals surface area (Å²) >= 11 is 0. The molecular weight excluding hydrogens is 296 g/mol. The molecule has 2 aromatic carbocycles. The smallest absolute Gasteiger partial charge is 0.160 e. The van der Waals surface area contributed by atoms with Crippen LogP contribution in [0.3, 0.4) is 0 Å². The molecular formula is C22H24O2. The summed E-state index contributed by atoms with van der Waals surface area (Å²) in [4.78, 5) is 25.1. The molecule has 2 nitrogen and oxygen atoms in total. The number of benzene rings is 2. The first-order valence-corrected chi connectivity index (χ1v) is 8.48. The number of hydrogen-bond acceptors (Lipinski definition) is 2. The number of carbonyl (C=O) groups excluding carboxylic acids is 2. The molecule has 0 saturated carbocycles. The summed E-state index contributed by atoms with van der Waals surface area (Å²) in [6, 6.07) is 15.7. The van der Waals surface area contributed by atoms with E-state index < -0.39 is 5.41 Å². The highest BCUT2D eigenvalue weighted by atomic mass is 16.1. The summed E-state index contributed by atoms with van der Waals surface area (Å²) in [5, 5.41) is 0. The van der Waals surface area contributed by atoms with Crippen LogP contribution < -0.4 is 0 Å². The van der Waals surface area contributed by atoms with Crippen LogP contribution in [0.5, 0.6) is 0 Å². The predicted molar refractivity (Wildman–Crippen MR) is 96.6 cm³/mol. The van der Waals surface area contributed by atoms with Crippen LogP contribution in [0.1, 0.15) is 61.2 Å². The topological polar surface area (TPSA) is 34.1 Å². The van der Waals surface area contributed by atoms with Gasteiger partial charge in [0.1, 0.15) is 5.78 Å². The average Bonchev–Trinajstić information content (AvgIpc) is 2.76. The highest BCUT2D eigenvalue weighted by molar-refractivity contribution is 5.99. The van der Waals surface area contributed by atoms with Crippen molar-refractivity contribution in [2.24, 2.45) is 0 Å². The quantitative estimate of drug-likeness (QED) is 0.769. The third kappa shape index (κ3) is 2.60. The second-order valence-corrected chi connectivity index (χ2v) is 7.75. The second kappa shape index (κ2) is 5.70. The van der Waals surface area contributed by atoms with E-state index in [9.17, 15) is 9.59 Å². The van der Waals surface area contributed by atoms with Gasteiger partial charge in [-0.25, -0.2) is 0 Å². The van der Waals surface area contributed by atoms with Crippen LogP contribution in [0.15, 0.2) is 48.5 Å². The molecule has 3 rings (SSSR count). The Labute approximate surface area is 143 Å². The van der Waals surface area contributed by atoms with Crippen molar-refractivity contribution >= 4 is 11.6 Å². The van der Waals surface area contributed by atoms with Crippen LogP contribution in [0.2, 0.25) is 0 Å². The lowest BCUT2D eigenvalue weighted by molar-refractivity contribution is -0.123. The van der Waals surface area contributed by atoms with Gasteiger partial charge in [0.05, 0.1) is 5.41 Å². The Hall–Kier alpha value is -2.22. The van der Waals surface area contributed by atoms with Crippen LogP contribution in [-0.4, -0.2) is 11.6 Å². The van der Waals surface area contributed by atoms with Crippen molar-refractivity contribution in [3.8, 4) is 0 Å². The summed E-state index contributed by atoms with van der Waals surface area (Å²) in [5.74, 6) is 0.199. The third-order valence-corrected chi connectivity index (χ3v) is 5.41. The lowest BCUT2D eigenvalue weighted by Gasteiger charge is -2.26. The molecule has 2 heteroatoms. The van der Waals surface area contributed by atoms with E-state index in [1.54, 1.807) is 13.0 Å². The first-order chi connectivity index (χ1) is 11.3. The molecule has 0 bridgehead atoms. The molecule has 1 unspecified atom stereocenters. The molecule has 0 aliphatic heterocycles. The zero-order chi connectivity index (χ0) is 17.5. The first kappa shape index (κ1) is 16.6. The molecule has 0 radical (unpaired) electrons. The van der Waals surface area contributed by atoms with Gasteiger partial charge in [-0.3, -0.25) is 9.59 Å². The van der Waals surface area contributed by atoms with Gasteiger partial charge in [0, 0.05) is 12.0 Å². The van der Waals surface area contributed by atoms with Gasteiger partial charge in [0.15, 0.2) is 5.78 Å². The Morgan fingerprint density at radius 1 is 0.917 bits per heavy atom. The Balaban J connectivity index is 1.99. The molecule has 1 atom stereocenters. The minimum absolute atomic E-state index is 0.00991. The third-order valence-electron chi connectivity index (χ3n) is 5.41. The average molecular weight is 320 g/mol. The highest BCUT2D eigenvalue weighted by Crippen LogP contribution is 2.50. The molecule has 1 aliphatic rings. The van der Waals surface area contributed by atoms with Gasteiger partial charge in [-0.1, -0.05) is 62.4 Å². The van der Waals surface area contributed by atoms with E-state index in [4.69, 9.17) is 0 Å². The van der Waals surface area contributed by atoms with Crippen molar-refractivity contribution < 1.29 is 9.59 Å². The Morgan fingerprint density at radius 3 is 2.17 bits per heavy atom. The van der Waals surface area contributed by atoms with Crippen molar-refractivity contribution in [2.45, 2.75) is 51.4 Å². The number of Topliss-reactive ketones (excluding diaryl/α,β-unsaturated/α-hetero) is 2. The van der Waals surface area contributed by atoms with E-state index in [1.165, 1.54) is 5.56 Å². The van der Waals surface area contributed by atoms with Gasteiger partial charge in [-0.15, -0.1) is 0 Å². The molecule has 24 heavy (non-hydrogen) atoms. The number of hydrogen-bond donors (Lipinski definition) is 0. The molecule has 124 valence electrons. The fourth-order valence-electron chi connectivity index (χ4n) is 4.26. The van der Waals surface area contributed by atoms with Crippen molar-refractivity contribution in [3.05, 3.63) is 70.8 Å². The maximum atomic E-state index is 13.3. The summed E-state index contributed by atoms with van der Waals surface area (Å²) in [6.45, 7) is 8.01. The molecule has 2 aromatic rings. The maximum Gasteiger partial charge on any atom is 0.160 e. The highest BCUT2D eigenvalue weighted by Gasteiger charge is 2.48. The zero-order valence-electron chi connectivity index (χ0n) is 14.8. The predicted octanol–water partition coefficient (Wildman–Crippen LogP) is 4.64. The fraction of sp³-hybridized carbons (Fsp3) is 0.364. The normalized spacial score (nSPS) is 21.3. The Kier molecular flexibility index (Phi) is 3.95. The molecule has 0 fully saturated rings. The molecule has 0 aromatic heterocycles. The second-order valence-electron chi connectivity index (χ2n) is 7.75.